The molecule has 0 radical (unpaired) electrons. The first-order valence-electron chi connectivity index (χ1n) is 9.59. The van der Waals surface area contributed by atoms with Crippen LogP contribution in [0, 0.1) is 0 Å². The van der Waals surface area contributed by atoms with Gasteiger partial charge in [-0.2, -0.15) is 0 Å². The largest absolute Gasteiger partial charge is 0.497 e. The van der Waals surface area contributed by atoms with E-state index in [0.29, 0.717) is 10.9 Å². The normalized spacial score (nSPS) is 13.6. The maximum absolute atomic E-state index is 10.2. The highest BCUT2D eigenvalue weighted by atomic mass is 127. The van der Waals surface area contributed by atoms with Crippen LogP contribution in [0.1, 0.15) is 13.8 Å². The van der Waals surface area contributed by atoms with Crippen molar-refractivity contribution in [1.82, 2.24) is 19.9 Å². The van der Waals surface area contributed by atoms with Crippen molar-refractivity contribution in [2.75, 3.05) is 32.0 Å². The third-order valence-electron chi connectivity index (χ3n) is 4.59. The Balaban J connectivity index is 0.000000215. The topological polar surface area (TPSA) is 96.1 Å². The molecular formula is C21H29IN4O3S2. The molecule has 1 atom stereocenters. The molecule has 3 N–H and O–H groups in total. The van der Waals surface area contributed by atoms with Gasteiger partial charge in [-0.05, 0) is 36.3 Å². The Hall–Kier alpha value is -1.63. The van der Waals surface area contributed by atoms with E-state index in [9.17, 15) is 4.55 Å². The zero-order valence-electron chi connectivity index (χ0n) is 18.3. The molecule has 4 rings (SSSR count). The van der Waals surface area contributed by atoms with Gasteiger partial charge in [0.2, 0.25) is 0 Å². The minimum atomic E-state index is -1.79. The minimum Gasteiger partial charge on any atom is -0.497 e. The van der Waals surface area contributed by atoms with E-state index in [1.54, 1.807) is 26.0 Å². The number of nitrogens with zero attached hydrogens (tertiary/aromatic N) is 2. The maximum atomic E-state index is 10.2. The van der Waals surface area contributed by atoms with Gasteiger partial charge in [0.05, 0.1) is 36.3 Å². The first-order chi connectivity index (χ1) is 14.4. The number of halogens is 1. The molecule has 31 heavy (non-hydrogen) atoms. The van der Waals surface area contributed by atoms with E-state index in [4.69, 9.17) is 9.47 Å². The average Bonchev–Trinajstić information content (AvgIpc) is 3.37. The number of hydrogen-bond donors (Lipinski definition) is 3. The zero-order chi connectivity index (χ0) is 21.7. The van der Waals surface area contributed by atoms with Crippen LogP contribution in [0.15, 0.2) is 46.7 Å². The van der Waals surface area contributed by atoms with E-state index in [2.05, 4.69) is 26.9 Å². The van der Waals surface area contributed by atoms with Crippen LogP contribution >= 0.6 is 46.0 Å². The van der Waals surface area contributed by atoms with Crippen LogP contribution in [0.2, 0.25) is 0 Å². The van der Waals surface area contributed by atoms with Crippen LogP contribution in [-0.4, -0.2) is 56.5 Å². The van der Waals surface area contributed by atoms with Gasteiger partial charge >= 0.3 is 0 Å². The lowest BCUT2D eigenvalue weighted by atomic mass is 10.3. The Morgan fingerprint density at radius 1 is 0.935 bits per heavy atom. The second-order valence-electron chi connectivity index (χ2n) is 6.61. The van der Waals surface area contributed by atoms with Crippen LogP contribution < -0.4 is 9.47 Å². The molecule has 1 unspecified atom stereocenters. The molecular weight excluding hydrogens is 547 g/mol. The standard InChI is InChI=1S/C11H16N2O2S.C10H12N2OS.HI/c1-4-16(3,14)11-12-9-6-5-8(15-2)7-10(9)13-11;1-3-14-10-11-8-5-4-7(13-2)6-9(8)12-10;/h5-7,14H,4H2,1-3H3,(H,12,13);4-6H,3H2,1-2H3,(H,11,12);1H. The molecule has 0 aliphatic carbocycles. The van der Waals surface area contributed by atoms with Crippen LogP contribution in [0.5, 0.6) is 11.5 Å². The molecule has 170 valence electrons. The van der Waals surface area contributed by atoms with Crippen molar-refractivity contribution in [3.8, 4) is 11.5 Å². The number of aromatic amines is 2. The first-order valence-corrected chi connectivity index (χ1v) is 12.7. The zero-order valence-corrected chi connectivity index (χ0v) is 22.2. The van der Waals surface area contributed by atoms with Gasteiger partial charge in [0, 0.05) is 17.9 Å². The summed E-state index contributed by atoms with van der Waals surface area (Å²) in [6, 6.07) is 11.5. The summed E-state index contributed by atoms with van der Waals surface area (Å²) < 4.78 is 20.5. The molecule has 2 aromatic carbocycles. The Morgan fingerprint density at radius 2 is 1.48 bits per heavy atom. The number of H-pyrrole nitrogens is 2. The quantitative estimate of drug-likeness (QED) is 0.188. The number of thioether (sulfide) groups is 1. The second kappa shape index (κ2) is 11.3. The van der Waals surface area contributed by atoms with Gasteiger partial charge in [0.1, 0.15) is 11.5 Å². The van der Waals surface area contributed by atoms with Gasteiger partial charge in [-0.15, -0.1) is 24.0 Å². The molecule has 2 aromatic heterocycles. The summed E-state index contributed by atoms with van der Waals surface area (Å²) >= 11 is 1.71. The Bertz CT molecular complexity index is 1130. The lowest BCUT2D eigenvalue weighted by molar-refractivity contribution is 0.415. The van der Waals surface area contributed by atoms with Gasteiger partial charge in [0.25, 0.3) is 0 Å². The van der Waals surface area contributed by atoms with Gasteiger partial charge in [-0.3, -0.25) is 0 Å². The molecule has 0 bridgehead atoms. The highest BCUT2D eigenvalue weighted by Gasteiger charge is 2.19. The van der Waals surface area contributed by atoms with Gasteiger partial charge in [0.15, 0.2) is 10.3 Å². The third-order valence-corrected chi connectivity index (χ3v) is 7.50. The minimum absolute atomic E-state index is 0. The second-order valence-corrected chi connectivity index (χ2v) is 10.9. The SMILES string of the molecule is CCS(C)(O)c1nc2ccc(OC)cc2[nH]1.CCSc1nc2ccc(OC)cc2[nH]1.I. The molecule has 0 aliphatic rings. The van der Waals surface area contributed by atoms with Gasteiger partial charge in [-0.1, -0.05) is 35.9 Å². The number of fused-ring (bicyclic) bond motifs is 2. The molecule has 0 fully saturated rings. The molecule has 0 aliphatic heterocycles. The van der Waals surface area contributed by atoms with Crippen molar-refractivity contribution in [3.05, 3.63) is 36.4 Å². The van der Waals surface area contributed by atoms with E-state index in [1.807, 2.05) is 49.6 Å². The van der Waals surface area contributed by atoms with Crippen molar-refractivity contribution in [2.45, 2.75) is 24.2 Å². The molecule has 0 amide bonds. The van der Waals surface area contributed by atoms with Gasteiger partial charge in [-0.25, -0.2) is 9.97 Å². The number of nitrogens with one attached hydrogen (secondary N) is 2. The van der Waals surface area contributed by atoms with Gasteiger partial charge < -0.3 is 24.0 Å². The highest BCUT2D eigenvalue weighted by molar-refractivity contribution is 14.0. The first kappa shape index (κ1) is 25.6. The predicted octanol–water partition coefficient (Wildman–Crippen LogP) is 6.16. The van der Waals surface area contributed by atoms with E-state index in [0.717, 1.165) is 44.5 Å². The fourth-order valence-electron chi connectivity index (χ4n) is 2.73. The molecule has 0 saturated carbocycles. The molecule has 4 aromatic rings. The summed E-state index contributed by atoms with van der Waals surface area (Å²) in [6.07, 6.45) is 1.84. The molecule has 2 heterocycles. The Morgan fingerprint density at radius 3 is 2.00 bits per heavy atom. The predicted molar refractivity (Wildman–Crippen MR) is 142 cm³/mol. The summed E-state index contributed by atoms with van der Waals surface area (Å²) in [5, 5.41) is 1.65. The fourth-order valence-corrected chi connectivity index (χ4v) is 4.25. The summed E-state index contributed by atoms with van der Waals surface area (Å²) in [7, 11) is 1.51. The van der Waals surface area contributed by atoms with Crippen molar-refractivity contribution in [1.29, 1.82) is 0 Å². The number of aromatic nitrogens is 4. The van der Waals surface area contributed by atoms with E-state index < -0.39 is 10.3 Å². The number of rotatable bonds is 6. The van der Waals surface area contributed by atoms with Crippen LogP contribution in [0.4, 0.5) is 0 Å². The number of benzene rings is 2. The molecule has 0 saturated heterocycles. The summed E-state index contributed by atoms with van der Waals surface area (Å²) in [4.78, 5) is 15.2. The van der Waals surface area contributed by atoms with Crippen molar-refractivity contribution in [2.24, 2.45) is 0 Å². The lowest BCUT2D eigenvalue weighted by Gasteiger charge is -2.23. The number of methoxy groups -OCH3 is 2. The number of hydrogen-bond acceptors (Lipinski definition) is 6. The lowest BCUT2D eigenvalue weighted by Crippen LogP contribution is -2.01. The van der Waals surface area contributed by atoms with Crippen LogP contribution in [0.3, 0.4) is 0 Å². The van der Waals surface area contributed by atoms with Crippen LogP contribution in [0.25, 0.3) is 22.1 Å². The van der Waals surface area contributed by atoms with Crippen LogP contribution in [-0.2, 0) is 0 Å². The van der Waals surface area contributed by atoms with E-state index in [1.165, 1.54) is 0 Å². The van der Waals surface area contributed by atoms with Crippen molar-refractivity contribution < 1.29 is 14.0 Å². The number of imidazole rings is 2. The monoisotopic (exact) mass is 576 g/mol. The molecule has 0 spiro atoms. The van der Waals surface area contributed by atoms with E-state index >= 15 is 0 Å². The Labute approximate surface area is 205 Å². The third kappa shape index (κ3) is 6.21. The smallest absolute Gasteiger partial charge is 0.171 e. The number of ether oxygens (including phenoxy) is 2. The Kier molecular flexibility index (Phi) is 9.34. The molecule has 10 heteroatoms. The summed E-state index contributed by atoms with van der Waals surface area (Å²) in [5.41, 5.74) is 3.77. The summed E-state index contributed by atoms with van der Waals surface area (Å²) in [5.74, 6) is 3.36. The highest BCUT2D eigenvalue weighted by Crippen LogP contribution is 2.46. The van der Waals surface area contributed by atoms with Crippen molar-refractivity contribution in [3.63, 3.8) is 0 Å². The maximum Gasteiger partial charge on any atom is 0.171 e. The van der Waals surface area contributed by atoms with Crippen molar-refractivity contribution >= 4 is 68.1 Å². The average molecular weight is 577 g/mol. The fraction of sp³-hybridized carbons (Fsp3) is 0.333. The molecule has 7 nitrogen and oxygen atoms in total. The summed E-state index contributed by atoms with van der Waals surface area (Å²) in [6.45, 7) is 4.07. The van der Waals surface area contributed by atoms with E-state index in [-0.39, 0.29) is 24.0 Å².